The molecule has 0 aliphatic rings. The Hall–Kier alpha value is -2.64. The molecule has 3 rings (SSSR count). The molecule has 1 heterocycles. The highest BCUT2D eigenvalue weighted by Crippen LogP contribution is 2.16. The monoisotopic (exact) mass is 402 g/mol. The zero-order chi connectivity index (χ0) is 20.1. The fourth-order valence-corrected chi connectivity index (χ4v) is 3.60. The molecule has 146 valence electrons. The number of carbonyl (C=O) groups excluding carboxylic acids is 1. The van der Waals surface area contributed by atoms with Crippen molar-refractivity contribution in [3.63, 3.8) is 0 Å². The van der Waals surface area contributed by atoms with Gasteiger partial charge in [-0.15, -0.1) is 11.3 Å². The van der Waals surface area contributed by atoms with Crippen molar-refractivity contribution in [2.24, 2.45) is 0 Å². The van der Waals surface area contributed by atoms with Crippen LogP contribution >= 0.6 is 11.3 Å². The van der Waals surface area contributed by atoms with Gasteiger partial charge in [0.25, 0.3) is 0 Å². The molecule has 0 fully saturated rings. The molecule has 0 saturated heterocycles. The number of benzene rings is 2. The fourth-order valence-electron chi connectivity index (χ4n) is 2.80. The van der Waals surface area contributed by atoms with Crippen molar-refractivity contribution in [1.29, 1.82) is 0 Å². The van der Waals surface area contributed by atoms with E-state index in [9.17, 15) is 13.6 Å². The van der Waals surface area contributed by atoms with Crippen molar-refractivity contribution >= 4 is 22.9 Å². The van der Waals surface area contributed by atoms with Gasteiger partial charge in [-0.25, -0.2) is 13.8 Å². The molecule has 28 heavy (non-hydrogen) atoms. The van der Waals surface area contributed by atoms with E-state index in [-0.39, 0.29) is 18.4 Å². The quantitative estimate of drug-likeness (QED) is 0.633. The number of carbonyl (C=O) groups is 1. The lowest BCUT2D eigenvalue weighted by atomic mass is 10.1. The summed E-state index contributed by atoms with van der Waals surface area (Å²) in [6, 6.07) is 11.1. The number of nitrogens with one attached hydrogen (secondary N) is 1. The molecule has 1 atom stereocenters. The van der Waals surface area contributed by atoms with Gasteiger partial charge in [0, 0.05) is 22.7 Å². The molecule has 0 aliphatic heterocycles. The predicted octanol–water partition coefficient (Wildman–Crippen LogP) is 3.74. The van der Waals surface area contributed by atoms with Crippen molar-refractivity contribution in [1.82, 2.24) is 4.98 Å². The van der Waals surface area contributed by atoms with Crippen LogP contribution in [0, 0.1) is 18.6 Å². The van der Waals surface area contributed by atoms with Gasteiger partial charge in [-0.3, -0.25) is 4.79 Å². The molecule has 2 aromatic carbocycles. The second kappa shape index (κ2) is 9.03. The second-order valence-electron chi connectivity index (χ2n) is 6.72. The molecule has 0 saturated carbocycles. The standard InChI is InChI=1S/C21H21F2N3OS/c1-13-3-6-16(7-4-13)25-20(27)10-21-26-17(12-28-21)11-24-14(2)18-8-5-15(22)9-19(18)23/h3-9,12,14,24H,10-11H2,1-2H3,(H,25,27)/p+1/t14-/m1/s1. The highest BCUT2D eigenvalue weighted by Gasteiger charge is 2.16. The maximum absolute atomic E-state index is 13.9. The number of nitrogens with zero attached hydrogens (tertiary/aromatic N) is 1. The summed E-state index contributed by atoms with van der Waals surface area (Å²) < 4.78 is 26.9. The summed E-state index contributed by atoms with van der Waals surface area (Å²) in [5, 5.41) is 7.42. The lowest BCUT2D eigenvalue weighted by Crippen LogP contribution is -2.83. The third kappa shape index (κ3) is 5.43. The number of nitrogens with two attached hydrogens (primary N) is 1. The van der Waals surface area contributed by atoms with Crippen LogP contribution in [-0.2, 0) is 17.8 Å². The number of hydrogen-bond acceptors (Lipinski definition) is 3. The van der Waals surface area contributed by atoms with Crippen molar-refractivity contribution in [2.45, 2.75) is 32.9 Å². The third-order valence-electron chi connectivity index (χ3n) is 4.38. The lowest BCUT2D eigenvalue weighted by Gasteiger charge is -2.11. The zero-order valence-corrected chi connectivity index (χ0v) is 16.5. The van der Waals surface area contributed by atoms with Crippen LogP contribution in [0.3, 0.4) is 0 Å². The highest BCUT2D eigenvalue weighted by atomic mass is 32.1. The second-order valence-corrected chi connectivity index (χ2v) is 7.66. The smallest absolute Gasteiger partial charge is 0.231 e. The molecule has 0 aliphatic carbocycles. The first-order valence-corrected chi connectivity index (χ1v) is 9.87. The number of halogens is 2. The van der Waals surface area contributed by atoms with Crippen LogP contribution < -0.4 is 10.6 Å². The van der Waals surface area contributed by atoms with E-state index in [0.717, 1.165) is 28.0 Å². The number of aryl methyl sites for hydroxylation is 1. The van der Waals surface area contributed by atoms with Gasteiger partial charge in [-0.2, -0.15) is 0 Å². The van der Waals surface area contributed by atoms with Crippen molar-refractivity contribution in [3.05, 3.63) is 81.3 Å². The van der Waals surface area contributed by atoms with Gasteiger partial charge in [-0.05, 0) is 38.1 Å². The minimum atomic E-state index is -0.582. The van der Waals surface area contributed by atoms with Gasteiger partial charge in [-0.1, -0.05) is 17.7 Å². The first kappa shape index (κ1) is 20.1. The van der Waals surface area contributed by atoms with Crippen molar-refractivity contribution in [2.75, 3.05) is 5.32 Å². The van der Waals surface area contributed by atoms with Crippen LogP contribution in [0.2, 0.25) is 0 Å². The van der Waals surface area contributed by atoms with Gasteiger partial charge in [0.05, 0.1) is 6.42 Å². The van der Waals surface area contributed by atoms with E-state index in [0.29, 0.717) is 12.1 Å². The van der Waals surface area contributed by atoms with Gasteiger partial charge in [0.15, 0.2) is 0 Å². The number of amides is 1. The number of quaternary nitrogens is 1. The fraction of sp³-hybridized carbons (Fsp3) is 0.238. The normalized spacial score (nSPS) is 12.0. The van der Waals surface area contributed by atoms with Crippen molar-refractivity contribution < 1.29 is 18.9 Å². The number of aromatic nitrogens is 1. The Morgan fingerprint density at radius 3 is 2.68 bits per heavy atom. The molecule has 7 heteroatoms. The van der Waals surface area contributed by atoms with Crippen LogP contribution in [0.4, 0.5) is 14.5 Å². The third-order valence-corrected chi connectivity index (χ3v) is 5.28. The topological polar surface area (TPSA) is 58.6 Å². The molecule has 3 N–H and O–H groups in total. The van der Waals surface area contributed by atoms with Crippen molar-refractivity contribution in [3.8, 4) is 0 Å². The number of rotatable bonds is 7. The summed E-state index contributed by atoms with van der Waals surface area (Å²) in [5.74, 6) is -1.24. The van der Waals surface area contributed by atoms with Crippen LogP contribution in [0.15, 0.2) is 47.8 Å². The lowest BCUT2D eigenvalue weighted by molar-refractivity contribution is -0.708. The van der Waals surface area contributed by atoms with E-state index in [4.69, 9.17) is 0 Å². The van der Waals surface area contributed by atoms with E-state index in [1.165, 1.54) is 23.5 Å². The largest absolute Gasteiger partial charge is 0.335 e. The van der Waals surface area contributed by atoms with E-state index >= 15 is 0 Å². The maximum Gasteiger partial charge on any atom is 0.231 e. The zero-order valence-electron chi connectivity index (χ0n) is 15.7. The average Bonchev–Trinajstić information content (AvgIpc) is 3.09. The first-order chi connectivity index (χ1) is 13.4. The van der Waals surface area contributed by atoms with Gasteiger partial charge >= 0.3 is 0 Å². The highest BCUT2D eigenvalue weighted by molar-refractivity contribution is 7.09. The van der Waals surface area contributed by atoms with Crippen LogP contribution in [0.25, 0.3) is 0 Å². The first-order valence-electron chi connectivity index (χ1n) is 8.99. The molecule has 4 nitrogen and oxygen atoms in total. The number of hydrogen-bond donors (Lipinski definition) is 2. The minimum Gasteiger partial charge on any atom is -0.335 e. The molecular formula is C21H22F2N3OS+. The van der Waals surface area contributed by atoms with Crippen LogP contribution in [0.1, 0.15) is 34.8 Å². The Morgan fingerprint density at radius 1 is 1.21 bits per heavy atom. The van der Waals surface area contributed by atoms with E-state index in [2.05, 4.69) is 10.3 Å². The summed E-state index contributed by atoms with van der Waals surface area (Å²) in [5.41, 5.74) is 3.18. The van der Waals surface area contributed by atoms with Gasteiger partial charge < -0.3 is 10.6 Å². The Kier molecular flexibility index (Phi) is 6.49. The number of anilines is 1. The molecule has 3 aromatic rings. The summed E-state index contributed by atoms with van der Waals surface area (Å²) in [6.45, 7) is 4.40. The molecular weight excluding hydrogens is 380 g/mol. The van der Waals surface area contributed by atoms with E-state index < -0.39 is 11.6 Å². The SMILES string of the molecule is Cc1ccc(NC(=O)Cc2nc(C[NH2+][C@H](C)c3ccc(F)cc3F)cs2)cc1. The summed E-state index contributed by atoms with van der Waals surface area (Å²) in [4.78, 5) is 16.6. The molecule has 0 bridgehead atoms. The molecule has 1 amide bonds. The van der Waals surface area contributed by atoms with Gasteiger partial charge in [0.1, 0.15) is 34.9 Å². The number of thiazole rings is 1. The van der Waals surface area contributed by atoms with E-state index in [1.54, 1.807) is 0 Å². The maximum atomic E-state index is 13.9. The summed E-state index contributed by atoms with van der Waals surface area (Å²) in [6.07, 6.45) is 0.209. The van der Waals surface area contributed by atoms with Gasteiger partial charge in [0.2, 0.25) is 5.91 Å². The minimum absolute atomic E-state index is 0.115. The Bertz CT molecular complexity index is 957. The molecule has 0 spiro atoms. The molecule has 0 radical (unpaired) electrons. The summed E-state index contributed by atoms with van der Waals surface area (Å²) in [7, 11) is 0. The Labute approximate surface area is 166 Å². The Balaban J connectivity index is 1.52. The van der Waals surface area contributed by atoms with Crippen LogP contribution in [-0.4, -0.2) is 10.9 Å². The molecule has 0 unspecified atom stereocenters. The Morgan fingerprint density at radius 2 is 1.96 bits per heavy atom. The molecule has 1 aromatic heterocycles. The predicted molar refractivity (Wildman–Crippen MR) is 106 cm³/mol. The van der Waals surface area contributed by atoms with E-state index in [1.807, 2.05) is 48.8 Å². The van der Waals surface area contributed by atoms with Crippen LogP contribution in [0.5, 0.6) is 0 Å². The average molecular weight is 402 g/mol. The summed E-state index contributed by atoms with van der Waals surface area (Å²) >= 11 is 1.43.